The van der Waals surface area contributed by atoms with Crippen molar-refractivity contribution >= 4 is 14.8 Å². The zero-order valence-electron chi connectivity index (χ0n) is 23.8. The van der Waals surface area contributed by atoms with Crippen molar-refractivity contribution in [1.82, 2.24) is 0 Å². The highest BCUT2D eigenvalue weighted by Gasteiger charge is 2.46. The van der Waals surface area contributed by atoms with Gasteiger partial charge in [-0.15, -0.1) is 4.20 Å². The van der Waals surface area contributed by atoms with Crippen molar-refractivity contribution in [3.05, 3.63) is 45.7 Å². The Morgan fingerprint density at radius 1 is 0.794 bits per heavy atom. The molecule has 1 aliphatic heterocycles. The number of halogens is 1. The van der Waals surface area contributed by atoms with Crippen LogP contribution in [0.3, 0.4) is 0 Å². The highest BCUT2D eigenvalue weighted by atomic mass is 31.2. The highest BCUT2D eigenvalue weighted by molar-refractivity contribution is 7.41. The Morgan fingerprint density at radius 3 is 1.85 bits per heavy atom. The lowest BCUT2D eigenvalue weighted by molar-refractivity contribution is 0.0904. The molecule has 190 valence electrons. The van der Waals surface area contributed by atoms with Crippen LogP contribution in [0.4, 0.5) is 4.20 Å². The predicted octanol–water partition coefficient (Wildman–Crippen LogP) is 10.4. The summed E-state index contributed by atoms with van der Waals surface area (Å²) < 4.78 is 27.6. The van der Waals surface area contributed by atoms with Gasteiger partial charge in [0.2, 0.25) is 0 Å². The standard InChI is InChI=1S/C30H46FO2P/c1-26(2,3)21-15-19-14-20-17-30(13,29(10,11)12)18-23(28(7,8)9)25(20)33-34(31)32-24(19)22(16-21)27(4,5)6/h14-16H,17-18H2,1-13H3. The van der Waals surface area contributed by atoms with Crippen LogP contribution in [0.1, 0.15) is 120 Å². The monoisotopic (exact) mass is 488 g/mol. The van der Waals surface area contributed by atoms with E-state index >= 15 is 4.20 Å². The quantitative estimate of drug-likeness (QED) is 0.338. The first-order valence-electron chi connectivity index (χ1n) is 12.6. The zero-order chi connectivity index (χ0) is 26.1. The molecule has 2 atom stereocenters. The molecule has 1 aromatic carbocycles. The fourth-order valence-corrected chi connectivity index (χ4v) is 5.55. The maximum Gasteiger partial charge on any atom is 0.505 e. The van der Waals surface area contributed by atoms with Gasteiger partial charge in [-0.3, -0.25) is 0 Å². The van der Waals surface area contributed by atoms with Crippen LogP contribution in [-0.2, 0) is 15.4 Å². The van der Waals surface area contributed by atoms with Gasteiger partial charge >= 0.3 is 8.69 Å². The first kappa shape index (κ1) is 27.3. The Kier molecular flexibility index (Phi) is 6.70. The van der Waals surface area contributed by atoms with E-state index in [0.29, 0.717) is 11.5 Å². The van der Waals surface area contributed by atoms with Crippen molar-refractivity contribution in [1.29, 1.82) is 0 Å². The van der Waals surface area contributed by atoms with Crippen LogP contribution in [0.5, 0.6) is 5.75 Å². The van der Waals surface area contributed by atoms with Crippen molar-refractivity contribution in [3.8, 4) is 5.75 Å². The lowest BCUT2D eigenvalue weighted by Crippen LogP contribution is -2.38. The fraction of sp³-hybridized carbons (Fsp3) is 0.667. The minimum absolute atomic E-state index is 0.0298. The van der Waals surface area contributed by atoms with E-state index in [9.17, 15) is 0 Å². The van der Waals surface area contributed by atoms with Gasteiger partial charge in [-0.1, -0.05) is 96.1 Å². The molecular formula is C30H46FO2P. The zero-order valence-corrected chi connectivity index (χ0v) is 24.7. The Morgan fingerprint density at radius 2 is 1.38 bits per heavy atom. The predicted molar refractivity (Wildman–Crippen MR) is 145 cm³/mol. The van der Waals surface area contributed by atoms with Crippen LogP contribution in [0.25, 0.3) is 6.08 Å². The van der Waals surface area contributed by atoms with Crippen molar-refractivity contribution < 1.29 is 13.2 Å². The number of benzene rings is 1. The minimum Gasteiger partial charge on any atom is -0.414 e. The maximum atomic E-state index is 15.5. The number of hydrogen-bond donors (Lipinski definition) is 0. The lowest BCUT2D eigenvalue weighted by atomic mass is 9.57. The van der Waals surface area contributed by atoms with E-state index in [2.05, 4.69) is 108 Å². The molecule has 0 saturated carbocycles. The average molecular weight is 489 g/mol. The van der Waals surface area contributed by atoms with Crippen molar-refractivity contribution in [2.75, 3.05) is 0 Å². The molecule has 0 amide bonds. The summed E-state index contributed by atoms with van der Waals surface area (Å²) in [4.78, 5) is 0. The molecule has 34 heavy (non-hydrogen) atoms. The van der Waals surface area contributed by atoms with Crippen LogP contribution in [0.2, 0.25) is 0 Å². The van der Waals surface area contributed by atoms with E-state index < -0.39 is 8.69 Å². The Hall–Kier alpha value is -1.34. The Bertz CT molecular complexity index is 1020. The smallest absolute Gasteiger partial charge is 0.414 e. The van der Waals surface area contributed by atoms with Gasteiger partial charge in [-0.05, 0) is 68.8 Å². The van der Waals surface area contributed by atoms with E-state index in [-0.39, 0.29) is 27.1 Å². The second kappa shape index (κ2) is 8.36. The number of allylic oxidation sites excluding steroid dienone is 2. The summed E-state index contributed by atoms with van der Waals surface area (Å²) in [6, 6.07) is 4.39. The highest BCUT2D eigenvalue weighted by Crippen LogP contribution is 2.60. The fourth-order valence-electron chi connectivity index (χ4n) is 4.79. The molecule has 3 rings (SSSR count). The van der Waals surface area contributed by atoms with E-state index in [0.717, 1.165) is 29.5 Å². The summed E-state index contributed by atoms with van der Waals surface area (Å²) >= 11 is 0. The van der Waals surface area contributed by atoms with Gasteiger partial charge in [0.25, 0.3) is 0 Å². The van der Waals surface area contributed by atoms with Crippen LogP contribution in [0.15, 0.2) is 29.0 Å². The summed E-state index contributed by atoms with van der Waals surface area (Å²) in [5.41, 5.74) is 5.25. The topological polar surface area (TPSA) is 18.5 Å². The normalized spacial score (nSPS) is 24.3. The van der Waals surface area contributed by atoms with Crippen LogP contribution < -0.4 is 4.52 Å². The average Bonchev–Trinajstić information content (AvgIpc) is 2.59. The van der Waals surface area contributed by atoms with Crippen LogP contribution in [0, 0.1) is 16.2 Å². The van der Waals surface area contributed by atoms with Crippen LogP contribution in [-0.4, -0.2) is 0 Å². The van der Waals surface area contributed by atoms with Gasteiger partial charge in [0.1, 0.15) is 11.5 Å². The molecule has 1 aromatic rings. The van der Waals surface area contributed by atoms with E-state index in [1.165, 1.54) is 11.1 Å². The molecule has 0 fully saturated rings. The molecule has 0 saturated heterocycles. The Balaban J connectivity index is 2.40. The van der Waals surface area contributed by atoms with Gasteiger partial charge < -0.3 is 9.05 Å². The van der Waals surface area contributed by atoms with E-state index in [4.69, 9.17) is 9.05 Å². The number of fused-ring (bicyclic) bond motifs is 2. The molecule has 0 radical (unpaired) electrons. The second-order valence-corrected chi connectivity index (χ2v) is 15.5. The van der Waals surface area contributed by atoms with Gasteiger partial charge in [0, 0.05) is 11.1 Å². The molecule has 4 heteroatoms. The van der Waals surface area contributed by atoms with E-state index in [1.54, 1.807) is 0 Å². The van der Waals surface area contributed by atoms with Crippen molar-refractivity contribution in [3.63, 3.8) is 0 Å². The summed E-state index contributed by atoms with van der Waals surface area (Å²) in [5.74, 6) is 1.34. The summed E-state index contributed by atoms with van der Waals surface area (Å²) in [6.45, 7) is 29.1. The van der Waals surface area contributed by atoms with Crippen molar-refractivity contribution in [2.45, 2.75) is 114 Å². The minimum atomic E-state index is -2.60. The molecule has 0 N–H and O–H groups in total. The van der Waals surface area contributed by atoms with Gasteiger partial charge in [0.15, 0.2) is 0 Å². The molecule has 1 heterocycles. The summed E-state index contributed by atoms with van der Waals surface area (Å²) in [7, 11) is -2.60. The molecule has 0 aromatic heterocycles. The maximum absolute atomic E-state index is 15.5. The number of rotatable bonds is 0. The van der Waals surface area contributed by atoms with E-state index in [1.807, 2.05) is 0 Å². The molecule has 0 spiro atoms. The summed E-state index contributed by atoms with van der Waals surface area (Å²) in [5, 5.41) is 0. The van der Waals surface area contributed by atoms with Crippen molar-refractivity contribution in [2.24, 2.45) is 16.2 Å². The molecular weight excluding hydrogens is 442 g/mol. The van der Waals surface area contributed by atoms with Crippen LogP contribution >= 0.6 is 8.69 Å². The molecule has 2 unspecified atom stereocenters. The number of hydrogen-bond acceptors (Lipinski definition) is 2. The molecule has 2 aliphatic rings. The Labute approximate surface area is 209 Å². The third-order valence-electron chi connectivity index (χ3n) is 7.88. The summed E-state index contributed by atoms with van der Waals surface area (Å²) in [6.07, 6.45) is 3.96. The van der Waals surface area contributed by atoms with Gasteiger partial charge in [-0.25, -0.2) is 0 Å². The first-order chi connectivity index (χ1) is 15.1. The van der Waals surface area contributed by atoms with Gasteiger partial charge in [0.05, 0.1) is 0 Å². The molecule has 0 bridgehead atoms. The van der Waals surface area contributed by atoms with Gasteiger partial charge in [-0.2, -0.15) is 0 Å². The third kappa shape index (κ3) is 5.25. The lowest BCUT2D eigenvalue weighted by Gasteiger charge is -2.49. The largest absolute Gasteiger partial charge is 0.505 e. The molecule has 2 nitrogen and oxygen atoms in total. The first-order valence-corrected chi connectivity index (χ1v) is 13.7. The third-order valence-corrected chi connectivity index (χ3v) is 8.53. The second-order valence-electron chi connectivity index (χ2n) is 14.7. The molecule has 1 aliphatic carbocycles. The SMILES string of the molecule is CC(C)(C)C1=C2OP(F)Oc3c(cc(C(C)(C)C)cc3C(C)(C)C)C=C2CC(C)(C(C)(C)C)C1.